The lowest BCUT2D eigenvalue weighted by atomic mass is 9.67. The van der Waals surface area contributed by atoms with E-state index in [1.54, 1.807) is 0 Å². The number of hydrogen-bond donors (Lipinski definition) is 0. The van der Waals surface area contributed by atoms with Crippen molar-refractivity contribution in [1.29, 1.82) is 0 Å². The van der Waals surface area contributed by atoms with Crippen molar-refractivity contribution in [1.82, 2.24) is 0 Å². The number of benzene rings is 13. The number of fused-ring (bicyclic) bond motifs is 18. The van der Waals surface area contributed by atoms with Crippen LogP contribution in [-0.4, -0.2) is 0 Å². The van der Waals surface area contributed by atoms with Gasteiger partial charge in [0.1, 0.15) is 22.3 Å². The van der Waals surface area contributed by atoms with Crippen LogP contribution in [0.25, 0.3) is 97.4 Å². The molecule has 16 aromatic rings. The molecule has 0 saturated heterocycles. The Kier molecular flexibility index (Phi) is 10.7. The van der Waals surface area contributed by atoms with Gasteiger partial charge in [-0.05, 0) is 124 Å². The van der Waals surface area contributed by atoms with E-state index in [0.717, 1.165) is 100 Å². The Balaban J connectivity index is 0.864. The number of rotatable bonds is 8. The summed E-state index contributed by atoms with van der Waals surface area (Å²) in [6.45, 7) is 0. The first-order chi connectivity index (χ1) is 42.2. The highest BCUT2D eigenvalue weighted by atomic mass is 32.2. The molecule has 0 bridgehead atoms. The van der Waals surface area contributed by atoms with Crippen molar-refractivity contribution in [2.24, 2.45) is 0 Å². The van der Waals surface area contributed by atoms with Crippen LogP contribution in [0, 0.1) is 0 Å². The van der Waals surface area contributed by atoms with Crippen molar-refractivity contribution in [2.45, 2.75) is 15.2 Å². The minimum Gasteiger partial charge on any atom is -0.455 e. The summed E-state index contributed by atoms with van der Waals surface area (Å²) >= 11 is 3.73. The molecule has 0 N–H and O–H groups in total. The highest BCUT2D eigenvalue weighted by Crippen LogP contribution is 2.64. The van der Waals surface area contributed by atoms with Crippen molar-refractivity contribution >= 4 is 121 Å². The lowest BCUT2D eigenvalue weighted by molar-refractivity contribution is 0.669. The van der Waals surface area contributed by atoms with Crippen LogP contribution in [0.2, 0.25) is 0 Å². The van der Waals surface area contributed by atoms with E-state index in [-0.39, 0.29) is 0 Å². The van der Waals surface area contributed by atoms with Gasteiger partial charge in [0.05, 0.1) is 22.2 Å². The molecule has 85 heavy (non-hydrogen) atoms. The van der Waals surface area contributed by atoms with Gasteiger partial charge in [0, 0.05) is 85.6 Å². The zero-order chi connectivity index (χ0) is 55.7. The fourth-order valence-electron chi connectivity index (χ4n) is 14.2. The maximum Gasteiger partial charge on any atom is 0.145 e. The van der Waals surface area contributed by atoms with Crippen LogP contribution in [0.15, 0.2) is 310 Å². The van der Waals surface area contributed by atoms with E-state index in [2.05, 4.69) is 301 Å². The van der Waals surface area contributed by atoms with Gasteiger partial charge in [0.25, 0.3) is 0 Å². The Morgan fingerprint density at radius 3 is 1.46 bits per heavy atom. The van der Waals surface area contributed by atoms with Crippen molar-refractivity contribution in [3.8, 4) is 33.4 Å². The normalized spacial score (nSPS) is 13.0. The summed E-state index contributed by atoms with van der Waals surface area (Å²) in [6, 6.07) is 106. The van der Waals surface area contributed by atoms with Gasteiger partial charge < -0.3 is 18.6 Å². The summed E-state index contributed by atoms with van der Waals surface area (Å²) in [4.78, 5) is 7.32. The Hall–Kier alpha value is -10.4. The highest BCUT2D eigenvalue weighted by Gasteiger charge is 2.50. The summed E-state index contributed by atoms with van der Waals surface area (Å²) in [7, 11) is 0. The predicted octanol–water partition coefficient (Wildman–Crippen LogP) is 23.0. The second kappa shape index (κ2) is 18.8. The fourth-order valence-corrected chi connectivity index (χ4v) is 16.7. The number of para-hydroxylation sites is 5. The Bertz CT molecular complexity index is 5330. The summed E-state index contributed by atoms with van der Waals surface area (Å²) in [6.07, 6.45) is 0. The van der Waals surface area contributed by atoms with Gasteiger partial charge in [0.15, 0.2) is 0 Å². The number of furan rings is 2. The Labute approximate surface area is 498 Å². The molecule has 13 aromatic carbocycles. The van der Waals surface area contributed by atoms with Gasteiger partial charge in [0.2, 0.25) is 0 Å². The molecule has 1 aliphatic carbocycles. The third kappa shape index (κ3) is 7.10. The molecule has 0 atom stereocenters. The average Bonchev–Trinajstić information content (AvgIpc) is 1.81. The summed E-state index contributed by atoms with van der Waals surface area (Å²) in [5.74, 6) is 0. The molecule has 4 heterocycles. The number of anilines is 6. The summed E-state index contributed by atoms with van der Waals surface area (Å²) in [5.41, 5.74) is 21.4. The molecular weight excluding hydrogens is 1070 g/mol. The third-order valence-corrected chi connectivity index (χ3v) is 20.0. The van der Waals surface area contributed by atoms with Gasteiger partial charge in [-0.2, -0.15) is 0 Å². The van der Waals surface area contributed by atoms with E-state index in [9.17, 15) is 0 Å². The van der Waals surface area contributed by atoms with Crippen LogP contribution in [0.5, 0.6) is 0 Å². The predicted molar refractivity (Wildman–Crippen MR) is 356 cm³/mol. The van der Waals surface area contributed by atoms with Crippen LogP contribution in [0.1, 0.15) is 22.3 Å². The first-order valence-electron chi connectivity index (χ1n) is 28.9. The third-order valence-electron chi connectivity index (χ3n) is 17.7. The van der Waals surface area contributed by atoms with Gasteiger partial charge in [-0.3, -0.25) is 0 Å². The smallest absolute Gasteiger partial charge is 0.145 e. The first-order valence-corrected chi connectivity index (χ1v) is 30.5. The molecule has 0 fully saturated rings. The van der Waals surface area contributed by atoms with Gasteiger partial charge >= 0.3 is 0 Å². The van der Waals surface area contributed by atoms with Crippen molar-refractivity contribution in [3.63, 3.8) is 0 Å². The zero-order valence-electron chi connectivity index (χ0n) is 45.7. The van der Waals surface area contributed by atoms with Crippen LogP contribution in [0.4, 0.5) is 34.1 Å². The van der Waals surface area contributed by atoms with Gasteiger partial charge in [-0.15, -0.1) is 11.3 Å². The van der Waals surface area contributed by atoms with E-state index >= 15 is 0 Å². The molecule has 0 saturated carbocycles. The number of thiophene rings is 1. The van der Waals surface area contributed by atoms with E-state index in [1.807, 2.05) is 23.1 Å². The molecule has 0 unspecified atom stereocenters. The Morgan fingerprint density at radius 1 is 0.306 bits per heavy atom. The average molecular weight is 1120 g/mol. The van der Waals surface area contributed by atoms with Gasteiger partial charge in [-0.25, -0.2) is 0 Å². The van der Waals surface area contributed by atoms with Crippen molar-refractivity contribution in [3.05, 3.63) is 313 Å². The standard InChI is InChI=1S/C79H48N2O2S2/c1-4-21-49(22-5-1)54-41-45-67(74-61-30-13-18-37-70(61)83-77(54)74)80(50-23-6-2-7-24-50)52-39-43-65-72(47-52)84-73-48-53(40-44-66(73)79(65)63-34-15-10-27-55(63)56-28-11-16-35-64(56)79)81(51-25-8-3-9-26-51)68-46-42-60(78-75(68)62-31-14-19-38-71(62)85-78)59-33-20-32-58-57-29-12-17-36-69(57)82-76(58)59/h1-48H. The van der Waals surface area contributed by atoms with E-state index in [4.69, 9.17) is 8.83 Å². The molecule has 4 nitrogen and oxygen atoms in total. The maximum absolute atomic E-state index is 6.91. The second-order valence-corrected chi connectivity index (χ2v) is 24.3. The van der Waals surface area contributed by atoms with Gasteiger partial charge in [-0.1, -0.05) is 218 Å². The second-order valence-electron chi connectivity index (χ2n) is 22.2. The topological polar surface area (TPSA) is 32.8 Å². The molecule has 3 aromatic heterocycles. The molecule has 0 radical (unpaired) electrons. The van der Waals surface area contributed by atoms with Crippen molar-refractivity contribution < 1.29 is 8.83 Å². The fraction of sp³-hybridized carbons (Fsp3) is 0.0127. The van der Waals surface area contributed by atoms with Crippen LogP contribution in [0.3, 0.4) is 0 Å². The lowest BCUT2D eigenvalue weighted by Gasteiger charge is -2.41. The zero-order valence-corrected chi connectivity index (χ0v) is 47.4. The van der Waals surface area contributed by atoms with Crippen LogP contribution in [-0.2, 0) is 5.41 Å². The molecule has 18 rings (SSSR count). The van der Waals surface area contributed by atoms with E-state index in [0.29, 0.717) is 0 Å². The molecule has 1 aliphatic heterocycles. The minimum absolute atomic E-state index is 0.614. The van der Waals surface area contributed by atoms with Crippen molar-refractivity contribution in [2.75, 3.05) is 9.80 Å². The minimum atomic E-state index is -0.614. The monoisotopic (exact) mass is 1120 g/mol. The number of hydrogen-bond acceptors (Lipinski definition) is 6. The maximum atomic E-state index is 6.91. The molecular formula is C79H48N2O2S2. The first kappa shape index (κ1) is 48.2. The molecule has 2 aliphatic rings. The molecule has 1 spiro atoms. The molecule has 0 amide bonds. The summed E-state index contributed by atoms with van der Waals surface area (Å²) in [5, 5.41) is 6.83. The number of nitrogens with zero attached hydrogens (tertiary/aromatic N) is 2. The van der Waals surface area contributed by atoms with E-state index in [1.165, 1.54) is 63.3 Å². The molecule has 398 valence electrons. The van der Waals surface area contributed by atoms with Crippen LogP contribution >= 0.6 is 23.1 Å². The summed E-state index contributed by atoms with van der Waals surface area (Å²) < 4.78 is 16.1. The largest absolute Gasteiger partial charge is 0.455 e. The van der Waals surface area contributed by atoms with E-state index < -0.39 is 5.41 Å². The Morgan fingerprint density at radius 2 is 0.800 bits per heavy atom. The van der Waals surface area contributed by atoms with Crippen LogP contribution < -0.4 is 9.80 Å². The highest BCUT2D eigenvalue weighted by molar-refractivity contribution is 7.99. The quantitative estimate of drug-likeness (QED) is 0.151. The lowest BCUT2D eigenvalue weighted by Crippen LogP contribution is -2.32. The SMILES string of the molecule is c1ccc(-c2ccc(N(c3ccccc3)c3ccc4c(c3)Sc3cc(N(c5ccccc5)c5ccc(-c6cccc7c6oc6ccccc67)c6sc7ccccc7c56)ccc3C43c4ccccc4-c4ccccc43)c3c2oc2ccccc23)cc1. The molecule has 6 heteroatoms.